The van der Waals surface area contributed by atoms with Gasteiger partial charge in [-0.1, -0.05) is 19.3 Å². The summed E-state index contributed by atoms with van der Waals surface area (Å²) >= 11 is 1.45. The second-order valence-corrected chi connectivity index (χ2v) is 7.36. The van der Waals surface area contributed by atoms with Crippen molar-refractivity contribution >= 4 is 22.2 Å². The van der Waals surface area contributed by atoms with Gasteiger partial charge in [0.15, 0.2) is 0 Å². The van der Waals surface area contributed by atoms with Crippen LogP contribution in [0.1, 0.15) is 48.1 Å². The van der Waals surface area contributed by atoms with E-state index in [-0.39, 0.29) is 19.1 Å². The Bertz CT molecular complexity index is 585. The van der Waals surface area contributed by atoms with Crippen molar-refractivity contribution in [3.63, 3.8) is 0 Å². The molecule has 0 spiro atoms. The monoisotopic (exact) mass is 335 g/mol. The Balaban J connectivity index is 2.01. The van der Waals surface area contributed by atoms with Crippen LogP contribution in [0.5, 0.6) is 0 Å². The summed E-state index contributed by atoms with van der Waals surface area (Å²) in [6.07, 6.45) is 5.82. The fraction of sp³-hybridized carbons (Fsp3) is 0.647. The highest BCUT2D eigenvalue weighted by Crippen LogP contribution is 2.31. The van der Waals surface area contributed by atoms with E-state index in [1.165, 1.54) is 30.6 Å². The van der Waals surface area contributed by atoms with Gasteiger partial charge in [-0.25, -0.2) is 0 Å². The van der Waals surface area contributed by atoms with Crippen LogP contribution in [0.15, 0.2) is 0 Å². The molecule has 23 heavy (non-hydrogen) atoms. The molecule has 1 amide bonds. The third kappa shape index (κ3) is 4.54. The van der Waals surface area contributed by atoms with E-state index in [2.05, 4.69) is 16.3 Å². The maximum atomic E-state index is 12.4. The zero-order chi connectivity index (χ0) is 16.8. The van der Waals surface area contributed by atoms with Gasteiger partial charge in [0.25, 0.3) is 0 Å². The number of nitrogens with one attached hydrogen (secondary N) is 1. The number of aryl methyl sites for hydroxylation is 1. The zero-order valence-corrected chi connectivity index (χ0v) is 14.7. The SMILES string of the molecule is Cc1sc(NC(=O)CN(CCO)C2CCCCC2)c(C#N)c1C. The molecule has 0 aliphatic heterocycles. The minimum Gasteiger partial charge on any atom is -0.395 e. The van der Waals surface area contributed by atoms with Gasteiger partial charge in [0.1, 0.15) is 11.1 Å². The normalized spacial score (nSPS) is 15.6. The lowest BCUT2D eigenvalue weighted by atomic mass is 9.94. The van der Waals surface area contributed by atoms with Crippen molar-refractivity contribution in [2.45, 2.75) is 52.0 Å². The van der Waals surface area contributed by atoms with Crippen LogP contribution < -0.4 is 5.32 Å². The molecule has 0 radical (unpaired) electrons. The third-order valence-electron chi connectivity index (χ3n) is 4.58. The van der Waals surface area contributed by atoms with Crippen LogP contribution in [0.2, 0.25) is 0 Å². The number of hydrogen-bond acceptors (Lipinski definition) is 5. The van der Waals surface area contributed by atoms with Crippen LogP contribution in [0.3, 0.4) is 0 Å². The van der Waals surface area contributed by atoms with Gasteiger partial charge in [-0.15, -0.1) is 11.3 Å². The Morgan fingerprint density at radius 1 is 1.39 bits per heavy atom. The van der Waals surface area contributed by atoms with Gasteiger partial charge in [-0.2, -0.15) is 5.26 Å². The van der Waals surface area contributed by atoms with Crippen molar-refractivity contribution in [1.29, 1.82) is 5.26 Å². The fourth-order valence-corrected chi connectivity index (χ4v) is 4.19. The molecule has 0 saturated heterocycles. The predicted molar refractivity (Wildman–Crippen MR) is 92.7 cm³/mol. The van der Waals surface area contributed by atoms with E-state index in [0.717, 1.165) is 23.3 Å². The molecule has 2 N–H and O–H groups in total. The molecular formula is C17H25N3O2S. The average Bonchev–Trinajstić information content (AvgIpc) is 2.81. The van der Waals surface area contributed by atoms with Crippen molar-refractivity contribution in [2.24, 2.45) is 0 Å². The summed E-state index contributed by atoms with van der Waals surface area (Å²) in [5, 5.41) is 22.1. The van der Waals surface area contributed by atoms with E-state index in [0.29, 0.717) is 23.2 Å². The number of aliphatic hydroxyl groups is 1. The number of thiophene rings is 1. The van der Waals surface area contributed by atoms with Gasteiger partial charge >= 0.3 is 0 Å². The molecule has 1 aliphatic carbocycles. The second-order valence-electron chi connectivity index (χ2n) is 6.13. The maximum absolute atomic E-state index is 12.4. The molecule has 1 heterocycles. The van der Waals surface area contributed by atoms with Gasteiger partial charge in [-0.05, 0) is 32.3 Å². The fourth-order valence-electron chi connectivity index (χ4n) is 3.17. The number of carbonyl (C=O) groups is 1. The van der Waals surface area contributed by atoms with E-state index in [4.69, 9.17) is 0 Å². The lowest BCUT2D eigenvalue weighted by Crippen LogP contribution is -2.43. The number of aliphatic hydroxyl groups excluding tert-OH is 1. The van der Waals surface area contributed by atoms with E-state index in [1.54, 1.807) is 0 Å². The van der Waals surface area contributed by atoms with Crippen molar-refractivity contribution in [1.82, 2.24) is 4.90 Å². The highest BCUT2D eigenvalue weighted by Gasteiger charge is 2.23. The van der Waals surface area contributed by atoms with Crippen LogP contribution in [-0.2, 0) is 4.79 Å². The number of carbonyl (C=O) groups excluding carboxylic acids is 1. The summed E-state index contributed by atoms with van der Waals surface area (Å²) < 4.78 is 0. The second kappa shape index (κ2) is 8.44. The first-order valence-corrected chi connectivity index (χ1v) is 9.03. The number of anilines is 1. The molecule has 0 unspecified atom stereocenters. The Kier molecular flexibility index (Phi) is 6.58. The maximum Gasteiger partial charge on any atom is 0.239 e. The molecule has 6 heteroatoms. The van der Waals surface area contributed by atoms with Gasteiger partial charge in [0, 0.05) is 17.5 Å². The Morgan fingerprint density at radius 2 is 2.09 bits per heavy atom. The van der Waals surface area contributed by atoms with Crippen molar-refractivity contribution in [2.75, 3.05) is 25.0 Å². The van der Waals surface area contributed by atoms with Crippen LogP contribution in [-0.4, -0.2) is 41.7 Å². The first kappa shape index (κ1) is 17.9. The van der Waals surface area contributed by atoms with Crippen molar-refractivity contribution in [3.8, 4) is 6.07 Å². The molecule has 0 bridgehead atoms. The molecule has 1 aromatic rings. The summed E-state index contributed by atoms with van der Waals surface area (Å²) in [5.74, 6) is -0.109. The van der Waals surface area contributed by atoms with E-state index >= 15 is 0 Å². The van der Waals surface area contributed by atoms with Gasteiger partial charge < -0.3 is 10.4 Å². The summed E-state index contributed by atoms with van der Waals surface area (Å²) in [5.41, 5.74) is 1.50. The number of nitriles is 1. The molecule has 5 nitrogen and oxygen atoms in total. The summed E-state index contributed by atoms with van der Waals surface area (Å²) in [4.78, 5) is 15.5. The predicted octanol–water partition coefficient (Wildman–Crippen LogP) is 2.80. The molecule has 1 saturated carbocycles. The Morgan fingerprint density at radius 3 is 2.70 bits per heavy atom. The van der Waals surface area contributed by atoms with E-state index in [9.17, 15) is 15.2 Å². The van der Waals surface area contributed by atoms with Crippen LogP contribution >= 0.6 is 11.3 Å². The minimum atomic E-state index is -0.109. The molecule has 1 fully saturated rings. The first-order valence-electron chi connectivity index (χ1n) is 8.21. The van der Waals surface area contributed by atoms with E-state index in [1.807, 2.05) is 13.8 Å². The van der Waals surface area contributed by atoms with Crippen LogP contribution in [0.25, 0.3) is 0 Å². The summed E-state index contributed by atoms with van der Waals surface area (Å²) in [6.45, 7) is 4.71. The highest BCUT2D eigenvalue weighted by atomic mass is 32.1. The number of rotatable bonds is 6. The molecule has 1 aliphatic rings. The van der Waals surface area contributed by atoms with Crippen LogP contribution in [0, 0.1) is 25.2 Å². The Hall–Kier alpha value is -1.42. The minimum absolute atomic E-state index is 0.0600. The Labute approximate surface area is 141 Å². The zero-order valence-electron chi connectivity index (χ0n) is 13.9. The topological polar surface area (TPSA) is 76.4 Å². The van der Waals surface area contributed by atoms with Crippen LogP contribution in [0.4, 0.5) is 5.00 Å². The molecule has 0 atom stereocenters. The highest BCUT2D eigenvalue weighted by molar-refractivity contribution is 7.16. The first-order chi connectivity index (χ1) is 11.1. The van der Waals surface area contributed by atoms with Crippen molar-refractivity contribution in [3.05, 3.63) is 16.0 Å². The molecular weight excluding hydrogens is 310 g/mol. The molecule has 1 aromatic heterocycles. The average molecular weight is 335 g/mol. The smallest absolute Gasteiger partial charge is 0.239 e. The van der Waals surface area contributed by atoms with Crippen molar-refractivity contribution < 1.29 is 9.90 Å². The lowest BCUT2D eigenvalue weighted by molar-refractivity contribution is -0.118. The standard InChI is InChI=1S/C17H25N3O2S/c1-12-13(2)23-17(15(12)10-18)19-16(22)11-20(8-9-21)14-6-4-3-5-7-14/h14,21H,3-9,11H2,1-2H3,(H,19,22). The molecule has 0 aromatic carbocycles. The third-order valence-corrected chi connectivity index (χ3v) is 5.70. The lowest BCUT2D eigenvalue weighted by Gasteiger charge is -2.33. The number of hydrogen-bond donors (Lipinski definition) is 2. The van der Waals surface area contributed by atoms with Gasteiger partial charge in [0.05, 0.1) is 18.7 Å². The molecule has 126 valence electrons. The molecule has 2 rings (SSSR count). The van der Waals surface area contributed by atoms with Gasteiger partial charge in [0.2, 0.25) is 5.91 Å². The summed E-state index contributed by atoms with van der Waals surface area (Å²) in [7, 11) is 0. The van der Waals surface area contributed by atoms with E-state index < -0.39 is 0 Å². The number of nitrogens with zero attached hydrogens (tertiary/aromatic N) is 2. The summed E-state index contributed by atoms with van der Waals surface area (Å²) in [6, 6.07) is 2.55. The van der Waals surface area contributed by atoms with Gasteiger partial charge in [-0.3, -0.25) is 9.69 Å². The number of amides is 1. The quantitative estimate of drug-likeness (QED) is 0.838. The largest absolute Gasteiger partial charge is 0.395 e.